The molecule has 1 N–H and O–H groups in total. The van der Waals surface area contributed by atoms with E-state index in [1.165, 1.54) is 0 Å². The lowest BCUT2D eigenvalue weighted by atomic mass is 9.95. The van der Waals surface area contributed by atoms with Gasteiger partial charge in [-0.3, -0.25) is 9.69 Å². The number of rotatable bonds is 6. The van der Waals surface area contributed by atoms with Gasteiger partial charge < -0.3 is 5.32 Å². The Kier molecular flexibility index (Phi) is 7.58. The summed E-state index contributed by atoms with van der Waals surface area (Å²) in [6.45, 7) is 6.54. The lowest BCUT2D eigenvalue weighted by Crippen LogP contribution is -2.56. The first kappa shape index (κ1) is 22.0. The number of benzene rings is 2. The van der Waals surface area contributed by atoms with Gasteiger partial charge in [0, 0.05) is 18.5 Å². The van der Waals surface area contributed by atoms with Gasteiger partial charge in [-0.25, -0.2) is 0 Å². The summed E-state index contributed by atoms with van der Waals surface area (Å²) in [5.41, 5.74) is 1.54. The Bertz CT molecular complexity index is 683. The molecular weight excluding hydrogens is 403 g/mol. The first-order valence-corrected chi connectivity index (χ1v) is 9.90. The van der Waals surface area contributed by atoms with Crippen molar-refractivity contribution in [3.63, 3.8) is 0 Å². The Hall–Kier alpha value is -1.26. The van der Waals surface area contributed by atoms with Gasteiger partial charge in [-0.05, 0) is 11.1 Å². The minimum atomic E-state index is -1.69. The van der Waals surface area contributed by atoms with Crippen LogP contribution < -0.4 is 5.32 Å². The van der Waals surface area contributed by atoms with E-state index in [1.807, 2.05) is 86.3 Å². The Morgan fingerprint density at radius 1 is 0.889 bits per heavy atom. The topological polar surface area (TPSA) is 32.3 Å². The van der Waals surface area contributed by atoms with E-state index in [4.69, 9.17) is 34.8 Å². The highest BCUT2D eigenvalue weighted by atomic mass is 35.6. The SMILES string of the molecule is CC(C)(C)C(=O)NC(N(Cc1ccccc1)Cc1ccccc1)C(Cl)(Cl)Cl. The molecule has 0 spiro atoms. The average Bonchev–Trinajstić information content (AvgIpc) is 2.59. The van der Waals surface area contributed by atoms with E-state index in [1.54, 1.807) is 0 Å². The molecule has 1 atom stereocenters. The number of halogens is 3. The molecule has 0 aliphatic heterocycles. The molecule has 0 radical (unpaired) electrons. The summed E-state index contributed by atoms with van der Waals surface area (Å²) in [6.07, 6.45) is -0.783. The second-order valence-electron chi connectivity index (χ2n) is 7.54. The van der Waals surface area contributed by atoms with Gasteiger partial charge in [-0.1, -0.05) is 116 Å². The predicted octanol–water partition coefficient (Wildman–Crippen LogP) is 5.55. The molecular formula is C21H25Cl3N2O. The Balaban J connectivity index is 2.34. The van der Waals surface area contributed by atoms with Gasteiger partial charge in [-0.15, -0.1) is 0 Å². The molecule has 27 heavy (non-hydrogen) atoms. The van der Waals surface area contributed by atoms with E-state index in [9.17, 15) is 4.79 Å². The van der Waals surface area contributed by atoms with Crippen LogP contribution in [0, 0.1) is 5.41 Å². The quantitative estimate of drug-likeness (QED) is 0.484. The van der Waals surface area contributed by atoms with Gasteiger partial charge in [-0.2, -0.15) is 0 Å². The molecule has 0 saturated heterocycles. The molecule has 2 aromatic carbocycles. The number of nitrogens with zero attached hydrogens (tertiary/aromatic N) is 1. The summed E-state index contributed by atoms with van der Waals surface area (Å²) in [4.78, 5) is 14.6. The number of nitrogens with one attached hydrogen (secondary N) is 1. The zero-order chi connectivity index (χ0) is 20.1. The first-order chi connectivity index (χ1) is 12.6. The van der Waals surface area contributed by atoms with Crippen molar-refractivity contribution in [3.05, 3.63) is 71.8 Å². The molecule has 0 heterocycles. The summed E-state index contributed by atoms with van der Waals surface area (Å²) < 4.78 is -1.69. The number of carbonyl (C=O) groups excluding carboxylic acids is 1. The zero-order valence-corrected chi connectivity index (χ0v) is 18.0. The van der Waals surface area contributed by atoms with Gasteiger partial charge in [0.1, 0.15) is 6.17 Å². The molecule has 0 saturated carbocycles. The van der Waals surface area contributed by atoms with Crippen LogP contribution in [0.2, 0.25) is 0 Å². The minimum Gasteiger partial charge on any atom is -0.336 e. The van der Waals surface area contributed by atoms with Crippen molar-refractivity contribution in [2.24, 2.45) is 5.41 Å². The Labute approximate surface area is 176 Å². The third-order valence-electron chi connectivity index (χ3n) is 4.08. The molecule has 2 aromatic rings. The molecule has 6 heteroatoms. The van der Waals surface area contributed by atoms with Crippen molar-refractivity contribution in [3.8, 4) is 0 Å². The Morgan fingerprint density at radius 3 is 1.63 bits per heavy atom. The van der Waals surface area contributed by atoms with Crippen LogP contribution in [-0.2, 0) is 17.9 Å². The summed E-state index contributed by atoms with van der Waals surface area (Å²) in [7, 11) is 0. The van der Waals surface area contributed by atoms with Crippen molar-refractivity contribution in [2.45, 2.75) is 43.8 Å². The molecule has 0 aromatic heterocycles. The molecule has 3 nitrogen and oxygen atoms in total. The van der Waals surface area contributed by atoms with E-state index in [0.717, 1.165) is 11.1 Å². The van der Waals surface area contributed by atoms with E-state index in [2.05, 4.69) is 5.32 Å². The molecule has 0 aliphatic rings. The van der Waals surface area contributed by atoms with Crippen LogP contribution in [0.5, 0.6) is 0 Å². The summed E-state index contributed by atoms with van der Waals surface area (Å²) in [5, 5.41) is 2.93. The van der Waals surface area contributed by atoms with Crippen LogP contribution in [-0.4, -0.2) is 20.8 Å². The van der Waals surface area contributed by atoms with Crippen LogP contribution in [0.25, 0.3) is 0 Å². The maximum atomic E-state index is 12.6. The van der Waals surface area contributed by atoms with Crippen LogP contribution in [0.4, 0.5) is 0 Å². The summed E-state index contributed by atoms with van der Waals surface area (Å²) >= 11 is 18.9. The fourth-order valence-corrected chi connectivity index (χ4v) is 3.17. The molecule has 2 rings (SSSR count). The smallest absolute Gasteiger partial charge is 0.226 e. The first-order valence-electron chi connectivity index (χ1n) is 8.77. The van der Waals surface area contributed by atoms with Gasteiger partial charge in [0.2, 0.25) is 9.70 Å². The van der Waals surface area contributed by atoms with Crippen LogP contribution in [0.15, 0.2) is 60.7 Å². The number of hydrogen-bond donors (Lipinski definition) is 1. The van der Waals surface area contributed by atoms with Gasteiger partial charge in [0.25, 0.3) is 0 Å². The van der Waals surface area contributed by atoms with Crippen molar-refractivity contribution < 1.29 is 4.79 Å². The maximum Gasteiger partial charge on any atom is 0.226 e. The molecule has 0 fully saturated rings. The zero-order valence-electron chi connectivity index (χ0n) is 15.8. The predicted molar refractivity (Wildman–Crippen MR) is 114 cm³/mol. The van der Waals surface area contributed by atoms with E-state index < -0.39 is 15.4 Å². The highest BCUT2D eigenvalue weighted by molar-refractivity contribution is 6.68. The van der Waals surface area contributed by atoms with Gasteiger partial charge in [0.05, 0.1) is 0 Å². The molecule has 0 aliphatic carbocycles. The lowest BCUT2D eigenvalue weighted by Gasteiger charge is -2.38. The number of carbonyl (C=O) groups is 1. The van der Waals surface area contributed by atoms with E-state index in [-0.39, 0.29) is 5.91 Å². The number of amides is 1. The lowest BCUT2D eigenvalue weighted by molar-refractivity contribution is -0.130. The second kappa shape index (κ2) is 9.29. The molecule has 1 amide bonds. The monoisotopic (exact) mass is 426 g/mol. The van der Waals surface area contributed by atoms with Crippen LogP contribution >= 0.6 is 34.8 Å². The normalized spacial score (nSPS) is 13.4. The van der Waals surface area contributed by atoms with Crippen molar-refractivity contribution >= 4 is 40.7 Å². The van der Waals surface area contributed by atoms with Crippen LogP contribution in [0.1, 0.15) is 31.9 Å². The third kappa shape index (κ3) is 7.00. The van der Waals surface area contributed by atoms with Crippen molar-refractivity contribution in [1.82, 2.24) is 10.2 Å². The third-order valence-corrected chi connectivity index (χ3v) is 4.70. The summed E-state index contributed by atoms with van der Waals surface area (Å²) in [6, 6.07) is 19.8. The van der Waals surface area contributed by atoms with E-state index >= 15 is 0 Å². The molecule has 1 unspecified atom stereocenters. The van der Waals surface area contributed by atoms with Crippen LogP contribution in [0.3, 0.4) is 0 Å². The van der Waals surface area contributed by atoms with Gasteiger partial charge in [0.15, 0.2) is 0 Å². The molecule has 0 bridgehead atoms. The van der Waals surface area contributed by atoms with E-state index in [0.29, 0.717) is 13.1 Å². The van der Waals surface area contributed by atoms with Crippen molar-refractivity contribution in [2.75, 3.05) is 0 Å². The number of hydrogen-bond acceptors (Lipinski definition) is 2. The maximum absolute atomic E-state index is 12.6. The highest BCUT2D eigenvalue weighted by Gasteiger charge is 2.40. The fourth-order valence-electron chi connectivity index (χ4n) is 2.60. The minimum absolute atomic E-state index is 0.176. The summed E-state index contributed by atoms with van der Waals surface area (Å²) in [5.74, 6) is -0.176. The Morgan fingerprint density at radius 2 is 1.30 bits per heavy atom. The van der Waals surface area contributed by atoms with Gasteiger partial charge >= 0.3 is 0 Å². The largest absolute Gasteiger partial charge is 0.336 e. The average molecular weight is 428 g/mol. The standard InChI is InChI=1S/C21H25Cl3N2O/c1-20(2,3)19(27)25-18(21(22,23)24)26(14-16-10-6-4-7-11-16)15-17-12-8-5-9-13-17/h4-13,18H,14-15H2,1-3H3,(H,25,27). The molecule has 146 valence electrons. The second-order valence-corrected chi connectivity index (χ2v) is 9.91. The highest BCUT2D eigenvalue weighted by Crippen LogP contribution is 2.34. The number of alkyl halides is 3. The van der Waals surface area contributed by atoms with Crippen molar-refractivity contribution in [1.29, 1.82) is 0 Å². The fraction of sp³-hybridized carbons (Fsp3) is 0.381.